The zero-order chi connectivity index (χ0) is 21.8. The molecule has 2 rings (SSSR count). The lowest BCUT2D eigenvalue weighted by Crippen LogP contribution is -2.50. The van der Waals surface area contributed by atoms with Crippen LogP contribution in [0, 0.1) is 13.8 Å². The summed E-state index contributed by atoms with van der Waals surface area (Å²) in [6.07, 6.45) is -0.901. The number of hydrazine groups is 1. The average Bonchev–Trinajstić information content (AvgIpc) is 3.17. The molecule has 0 aliphatic heterocycles. The van der Waals surface area contributed by atoms with E-state index < -0.39 is 34.5 Å². The second kappa shape index (κ2) is 9.57. The number of aryl methyl sites for hydroxylation is 2. The fraction of sp³-hybridized carbons (Fsp3) is 0.333. The molecular weight excluding hydrogens is 438 g/mol. The number of nitrogens with zero attached hydrogens (tertiary/aromatic N) is 1. The molecule has 0 aliphatic rings. The number of benzene rings is 1. The van der Waals surface area contributed by atoms with E-state index in [2.05, 4.69) is 10.9 Å². The quantitative estimate of drug-likeness (QED) is 0.618. The van der Waals surface area contributed by atoms with Crippen molar-refractivity contribution in [2.24, 2.45) is 0 Å². The van der Waals surface area contributed by atoms with E-state index in [4.69, 9.17) is 16.3 Å². The smallest absolute Gasteiger partial charge is 0.279 e. The largest absolute Gasteiger partial charge is 0.480 e. The average molecular weight is 460 g/mol. The van der Waals surface area contributed by atoms with Crippen LogP contribution >= 0.6 is 22.9 Å². The molecule has 2 aromatic rings. The van der Waals surface area contributed by atoms with E-state index in [-0.39, 0.29) is 4.21 Å². The number of likely N-dealkylation sites (N-methyl/N-ethyl adjacent to an activating group) is 1. The Morgan fingerprint density at radius 3 is 2.41 bits per heavy atom. The lowest BCUT2D eigenvalue weighted by molar-refractivity contribution is -0.132. The summed E-state index contributed by atoms with van der Waals surface area (Å²) in [5.74, 6) is -0.743. The molecule has 0 saturated carbocycles. The summed E-state index contributed by atoms with van der Waals surface area (Å²) >= 11 is 7.04. The highest BCUT2D eigenvalue weighted by atomic mass is 35.5. The monoisotopic (exact) mass is 459 g/mol. The van der Waals surface area contributed by atoms with Crippen LogP contribution in [0.5, 0.6) is 5.75 Å². The van der Waals surface area contributed by atoms with Gasteiger partial charge in [0.25, 0.3) is 21.8 Å². The van der Waals surface area contributed by atoms with Crippen molar-refractivity contribution in [2.75, 3.05) is 13.6 Å². The second-order valence-electron chi connectivity index (χ2n) is 6.36. The maximum Gasteiger partial charge on any atom is 0.279 e. The number of nitrogens with one attached hydrogen (secondary N) is 2. The summed E-state index contributed by atoms with van der Waals surface area (Å²) in [6.45, 7) is 4.70. The topological polar surface area (TPSA) is 105 Å². The normalized spacial score (nSPS) is 12.5. The Kier molecular flexibility index (Phi) is 7.64. The van der Waals surface area contributed by atoms with Gasteiger partial charge in [0, 0.05) is 12.1 Å². The maximum atomic E-state index is 12.3. The Morgan fingerprint density at radius 2 is 1.86 bits per heavy atom. The molecule has 1 aromatic heterocycles. The Labute approximate surface area is 178 Å². The minimum atomic E-state index is -3.76. The number of hydrogen-bond acceptors (Lipinski definition) is 6. The van der Waals surface area contributed by atoms with Gasteiger partial charge in [-0.3, -0.25) is 20.4 Å². The molecule has 1 heterocycles. The van der Waals surface area contributed by atoms with Crippen LogP contribution in [0.1, 0.15) is 18.1 Å². The van der Waals surface area contributed by atoms with Crippen molar-refractivity contribution in [3.05, 3.63) is 45.8 Å². The number of hydrogen-bond donors (Lipinski definition) is 2. The number of carbonyl (C=O) groups is 2. The van der Waals surface area contributed by atoms with Gasteiger partial charge in [-0.1, -0.05) is 17.7 Å². The Hall–Kier alpha value is -2.14. The molecule has 8 nitrogen and oxygen atoms in total. The predicted molar refractivity (Wildman–Crippen MR) is 111 cm³/mol. The molecule has 29 heavy (non-hydrogen) atoms. The third-order valence-corrected chi connectivity index (χ3v) is 7.33. The molecule has 2 N–H and O–H groups in total. The van der Waals surface area contributed by atoms with Crippen LogP contribution in [0.2, 0.25) is 5.02 Å². The molecular formula is C18H22ClN3O5S2. The molecule has 0 bridgehead atoms. The van der Waals surface area contributed by atoms with Gasteiger partial charge in [-0.2, -0.15) is 4.31 Å². The van der Waals surface area contributed by atoms with Crippen molar-refractivity contribution < 1.29 is 22.7 Å². The van der Waals surface area contributed by atoms with Crippen molar-refractivity contribution in [2.45, 2.75) is 31.1 Å². The summed E-state index contributed by atoms with van der Waals surface area (Å²) in [5.41, 5.74) is 5.98. The van der Waals surface area contributed by atoms with Crippen LogP contribution < -0.4 is 15.6 Å². The van der Waals surface area contributed by atoms with E-state index in [1.165, 1.54) is 20.0 Å². The summed E-state index contributed by atoms with van der Waals surface area (Å²) in [5, 5.41) is 2.20. The lowest BCUT2D eigenvalue weighted by Gasteiger charge is -2.19. The standard InChI is InChI=1S/C18H22ClN3O5S2/c1-11-8-14(19)9-12(2)17(11)27-13(3)18(24)21-20-15(23)10-22(4)29(25,26)16-6-5-7-28-16/h5-9,13H,10H2,1-4H3,(H,20,23)(H,21,24). The van der Waals surface area contributed by atoms with E-state index in [9.17, 15) is 18.0 Å². The SMILES string of the molecule is Cc1cc(Cl)cc(C)c1OC(C)C(=O)NNC(=O)CN(C)S(=O)(=O)c1cccs1. The van der Waals surface area contributed by atoms with Crippen LogP contribution in [0.15, 0.2) is 33.9 Å². The lowest BCUT2D eigenvalue weighted by atomic mass is 10.1. The van der Waals surface area contributed by atoms with Crippen LogP contribution in [-0.4, -0.2) is 44.2 Å². The number of ether oxygens (including phenoxy) is 1. The number of amides is 2. The van der Waals surface area contributed by atoms with E-state index >= 15 is 0 Å². The van der Waals surface area contributed by atoms with Crippen molar-refractivity contribution in [1.82, 2.24) is 15.2 Å². The van der Waals surface area contributed by atoms with Gasteiger partial charge in [0.1, 0.15) is 9.96 Å². The van der Waals surface area contributed by atoms with E-state index in [1.54, 1.807) is 23.6 Å². The zero-order valence-electron chi connectivity index (χ0n) is 16.4. The van der Waals surface area contributed by atoms with Crippen LogP contribution in [0.25, 0.3) is 0 Å². The molecule has 1 unspecified atom stereocenters. The summed E-state index contributed by atoms with van der Waals surface area (Å²) in [4.78, 5) is 24.2. The Bertz CT molecular complexity index is 970. The zero-order valence-corrected chi connectivity index (χ0v) is 18.7. The first kappa shape index (κ1) is 23.1. The van der Waals surface area contributed by atoms with E-state index in [1.807, 2.05) is 13.8 Å². The fourth-order valence-corrected chi connectivity index (χ4v) is 5.09. The van der Waals surface area contributed by atoms with Gasteiger partial charge in [-0.05, 0) is 55.5 Å². The van der Waals surface area contributed by atoms with Gasteiger partial charge in [0.05, 0.1) is 6.54 Å². The molecule has 0 aliphatic carbocycles. The number of carbonyl (C=O) groups excluding carboxylic acids is 2. The first-order chi connectivity index (χ1) is 13.5. The van der Waals surface area contributed by atoms with Crippen molar-refractivity contribution in [3.8, 4) is 5.75 Å². The molecule has 0 fully saturated rings. The minimum absolute atomic E-state index is 0.132. The van der Waals surface area contributed by atoms with Gasteiger partial charge < -0.3 is 4.74 Å². The first-order valence-corrected chi connectivity index (χ1v) is 11.2. The molecule has 1 atom stereocenters. The van der Waals surface area contributed by atoms with Crippen LogP contribution in [0.3, 0.4) is 0 Å². The first-order valence-electron chi connectivity index (χ1n) is 8.54. The van der Waals surface area contributed by atoms with Gasteiger partial charge >= 0.3 is 0 Å². The molecule has 11 heteroatoms. The highest BCUT2D eigenvalue weighted by Gasteiger charge is 2.24. The summed E-state index contributed by atoms with van der Waals surface area (Å²) in [7, 11) is -2.47. The maximum absolute atomic E-state index is 12.3. The molecule has 0 radical (unpaired) electrons. The van der Waals surface area contributed by atoms with Crippen molar-refractivity contribution in [3.63, 3.8) is 0 Å². The minimum Gasteiger partial charge on any atom is -0.480 e. The summed E-state index contributed by atoms with van der Waals surface area (Å²) in [6, 6.07) is 6.51. The van der Waals surface area contributed by atoms with Gasteiger partial charge in [0.15, 0.2) is 6.10 Å². The molecule has 2 amide bonds. The number of halogens is 1. The Morgan fingerprint density at radius 1 is 1.24 bits per heavy atom. The number of thiophene rings is 1. The van der Waals surface area contributed by atoms with Crippen LogP contribution in [-0.2, 0) is 19.6 Å². The van der Waals surface area contributed by atoms with Crippen LogP contribution in [0.4, 0.5) is 0 Å². The predicted octanol–water partition coefficient (Wildman–Crippen LogP) is 2.25. The molecule has 1 aromatic carbocycles. The Balaban J connectivity index is 1.89. The fourth-order valence-electron chi connectivity index (χ4n) is 2.44. The number of rotatable bonds is 7. The third kappa shape index (κ3) is 5.92. The second-order valence-corrected chi connectivity index (χ2v) is 10.0. The van der Waals surface area contributed by atoms with Gasteiger partial charge in [-0.15, -0.1) is 11.3 Å². The third-order valence-electron chi connectivity index (χ3n) is 3.94. The van der Waals surface area contributed by atoms with Gasteiger partial charge in [-0.25, -0.2) is 8.42 Å². The highest BCUT2D eigenvalue weighted by Crippen LogP contribution is 2.27. The van der Waals surface area contributed by atoms with E-state index in [0.29, 0.717) is 10.8 Å². The van der Waals surface area contributed by atoms with Crippen molar-refractivity contribution >= 4 is 44.8 Å². The molecule has 0 saturated heterocycles. The van der Waals surface area contributed by atoms with E-state index in [0.717, 1.165) is 26.8 Å². The summed E-state index contributed by atoms with van der Waals surface area (Å²) < 4.78 is 31.3. The highest BCUT2D eigenvalue weighted by molar-refractivity contribution is 7.91. The van der Waals surface area contributed by atoms with Gasteiger partial charge in [0.2, 0.25) is 0 Å². The molecule has 0 spiro atoms. The number of sulfonamides is 1. The molecule has 158 valence electrons. The van der Waals surface area contributed by atoms with Crippen molar-refractivity contribution in [1.29, 1.82) is 0 Å².